The van der Waals surface area contributed by atoms with Crippen LogP contribution in [0.15, 0.2) is 47.1 Å². The first-order valence-electron chi connectivity index (χ1n) is 6.75. The third-order valence-corrected chi connectivity index (χ3v) is 5.00. The van der Waals surface area contributed by atoms with Gasteiger partial charge in [-0.2, -0.15) is 0 Å². The van der Waals surface area contributed by atoms with E-state index >= 15 is 0 Å². The highest BCUT2D eigenvalue weighted by Gasteiger charge is 2.10. The number of benzene rings is 1. The van der Waals surface area contributed by atoms with Gasteiger partial charge in [0.15, 0.2) is 0 Å². The molecule has 2 heterocycles. The Morgan fingerprint density at radius 3 is 3.00 bits per heavy atom. The standard InChI is InChI=1S/C16H14N2O2S2/c1-11-4-2-3-5-12(11)8-20-14(19)9-22-16-13-6-7-21-15(13)17-10-18-16/h2-7,10H,8-9H2,1H3. The van der Waals surface area contributed by atoms with Crippen molar-refractivity contribution in [1.29, 1.82) is 0 Å². The van der Waals surface area contributed by atoms with Crippen molar-refractivity contribution in [2.75, 3.05) is 5.75 Å². The lowest BCUT2D eigenvalue weighted by atomic mass is 10.1. The Bertz CT molecular complexity index is 801. The number of esters is 1. The van der Waals surface area contributed by atoms with Gasteiger partial charge in [0.05, 0.1) is 5.75 Å². The summed E-state index contributed by atoms with van der Waals surface area (Å²) >= 11 is 2.95. The first-order valence-corrected chi connectivity index (χ1v) is 8.61. The van der Waals surface area contributed by atoms with E-state index in [4.69, 9.17) is 4.74 Å². The number of rotatable bonds is 5. The minimum atomic E-state index is -0.241. The molecule has 0 radical (unpaired) electrons. The molecule has 0 N–H and O–H groups in total. The third kappa shape index (κ3) is 3.45. The van der Waals surface area contributed by atoms with Gasteiger partial charge in [0.2, 0.25) is 0 Å². The SMILES string of the molecule is Cc1ccccc1COC(=O)CSc1ncnc2sccc12. The number of aryl methyl sites for hydroxylation is 1. The van der Waals surface area contributed by atoms with Gasteiger partial charge < -0.3 is 4.74 Å². The van der Waals surface area contributed by atoms with Crippen LogP contribution in [0, 0.1) is 6.92 Å². The average Bonchev–Trinajstić information content (AvgIpc) is 3.01. The highest BCUT2D eigenvalue weighted by Crippen LogP contribution is 2.27. The van der Waals surface area contributed by atoms with Gasteiger partial charge in [0.25, 0.3) is 0 Å². The van der Waals surface area contributed by atoms with Gasteiger partial charge in [-0.3, -0.25) is 4.79 Å². The van der Waals surface area contributed by atoms with E-state index in [1.807, 2.05) is 42.6 Å². The molecule has 3 aromatic rings. The molecule has 0 bridgehead atoms. The molecule has 4 nitrogen and oxygen atoms in total. The minimum absolute atomic E-state index is 0.241. The molecule has 0 spiro atoms. The molecule has 0 fully saturated rings. The van der Waals surface area contributed by atoms with Crippen LogP contribution in [-0.2, 0) is 16.1 Å². The fraction of sp³-hybridized carbons (Fsp3) is 0.188. The van der Waals surface area contributed by atoms with E-state index < -0.39 is 0 Å². The van der Waals surface area contributed by atoms with Crippen molar-refractivity contribution in [2.45, 2.75) is 18.6 Å². The molecule has 0 amide bonds. The lowest BCUT2D eigenvalue weighted by Crippen LogP contribution is -2.08. The zero-order chi connectivity index (χ0) is 15.4. The van der Waals surface area contributed by atoms with Crippen LogP contribution >= 0.6 is 23.1 Å². The lowest BCUT2D eigenvalue weighted by molar-refractivity contribution is -0.141. The highest BCUT2D eigenvalue weighted by atomic mass is 32.2. The molecule has 0 saturated heterocycles. The molecule has 0 atom stereocenters. The van der Waals surface area contributed by atoms with Crippen molar-refractivity contribution in [1.82, 2.24) is 9.97 Å². The van der Waals surface area contributed by atoms with Gasteiger partial charge >= 0.3 is 5.97 Å². The summed E-state index contributed by atoms with van der Waals surface area (Å²) < 4.78 is 5.32. The molecule has 3 rings (SSSR count). The normalized spacial score (nSPS) is 10.8. The maximum absolute atomic E-state index is 11.9. The zero-order valence-corrected chi connectivity index (χ0v) is 13.6. The highest BCUT2D eigenvalue weighted by molar-refractivity contribution is 8.00. The minimum Gasteiger partial charge on any atom is -0.460 e. The van der Waals surface area contributed by atoms with Crippen LogP contribution in [0.25, 0.3) is 10.2 Å². The topological polar surface area (TPSA) is 52.1 Å². The lowest BCUT2D eigenvalue weighted by Gasteiger charge is -2.07. The van der Waals surface area contributed by atoms with Crippen molar-refractivity contribution >= 4 is 39.3 Å². The van der Waals surface area contributed by atoms with Crippen LogP contribution in [0.4, 0.5) is 0 Å². The second-order valence-electron chi connectivity index (χ2n) is 4.69. The summed E-state index contributed by atoms with van der Waals surface area (Å²) in [5.41, 5.74) is 2.15. The molecule has 0 aliphatic rings. The van der Waals surface area contributed by atoms with Crippen LogP contribution in [0.3, 0.4) is 0 Å². The number of carbonyl (C=O) groups is 1. The number of hydrogen-bond donors (Lipinski definition) is 0. The molecular weight excluding hydrogens is 316 g/mol. The summed E-state index contributed by atoms with van der Waals surface area (Å²) in [7, 11) is 0. The molecule has 1 aromatic carbocycles. The predicted molar refractivity (Wildman–Crippen MR) is 89.1 cm³/mol. The summed E-state index contributed by atoms with van der Waals surface area (Å²) in [6.07, 6.45) is 1.53. The Hall–Kier alpha value is -1.92. The van der Waals surface area contributed by atoms with Crippen LogP contribution in [0.5, 0.6) is 0 Å². The molecule has 22 heavy (non-hydrogen) atoms. The smallest absolute Gasteiger partial charge is 0.316 e. The number of hydrogen-bond acceptors (Lipinski definition) is 6. The first kappa shape index (κ1) is 15.0. The number of ether oxygens (including phenoxy) is 1. The van der Waals surface area contributed by atoms with Crippen LogP contribution in [0.1, 0.15) is 11.1 Å². The summed E-state index contributed by atoms with van der Waals surface area (Å²) in [5, 5.41) is 3.78. The molecule has 0 saturated carbocycles. The number of thiophene rings is 1. The van der Waals surface area contributed by atoms with Gasteiger partial charge in [-0.05, 0) is 29.5 Å². The van der Waals surface area contributed by atoms with Crippen LogP contribution in [0.2, 0.25) is 0 Å². The van der Waals surface area contributed by atoms with Gasteiger partial charge in [-0.25, -0.2) is 9.97 Å². The fourth-order valence-electron chi connectivity index (χ4n) is 1.98. The molecule has 0 aliphatic carbocycles. The zero-order valence-electron chi connectivity index (χ0n) is 12.0. The number of fused-ring (bicyclic) bond motifs is 1. The Balaban J connectivity index is 1.56. The van der Waals surface area contributed by atoms with E-state index in [9.17, 15) is 4.79 Å². The van der Waals surface area contributed by atoms with E-state index in [1.54, 1.807) is 11.3 Å². The van der Waals surface area contributed by atoms with E-state index in [-0.39, 0.29) is 11.7 Å². The van der Waals surface area contributed by atoms with Gasteiger partial charge in [0.1, 0.15) is 22.8 Å². The summed E-state index contributed by atoms with van der Waals surface area (Å²) in [4.78, 5) is 21.3. The van der Waals surface area contributed by atoms with Gasteiger partial charge in [0, 0.05) is 5.39 Å². The van der Waals surface area contributed by atoms with Crippen LogP contribution in [-0.4, -0.2) is 21.7 Å². The van der Waals surface area contributed by atoms with Crippen molar-refractivity contribution in [2.24, 2.45) is 0 Å². The van der Waals surface area contributed by atoms with E-state index in [1.165, 1.54) is 18.1 Å². The Labute approximate surface area is 136 Å². The molecule has 0 aliphatic heterocycles. The summed E-state index contributed by atoms with van der Waals surface area (Å²) in [5.74, 6) is 0.00338. The molecule has 0 unspecified atom stereocenters. The summed E-state index contributed by atoms with van der Waals surface area (Å²) in [6.45, 7) is 2.32. The summed E-state index contributed by atoms with van der Waals surface area (Å²) in [6, 6.07) is 9.86. The van der Waals surface area contributed by atoms with E-state index in [0.717, 1.165) is 26.4 Å². The number of carbonyl (C=O) groups excluding carboxylic acids is 1. The van der Waals surface area contributed by atoms with Crippen LogP contribution < -0.4 is 0 Å². The van der Waals surface area contributed by atoms with Gasteiger partial charge in [-0.1, -0.05) is 36.0 Å². The third-order valence-electron chi connectivity index (χ3n) is 3.20. The quantitative estimate of drug-likeness (QED) is 0.404. The number of thioether (sulfide) groups is 1. The maximum atomic E-state index is 11.9. The van der Waals surface area contributed by atoms with Crippen molar-refractivity contribution in [3.63, 3.8) is 0 Å². The fourth-order valence-corrected chi connectivity index (χ4v) is 3.56. The Kier molecular flexibility index (Phi) is 4.70. The van der Waals surface area contributed by atoms with Gasteiger partial charge in [-0.15, -0.1) is 11.3 Å². The predicted octanol–water partition coefficient (Wildman–Crippen LogP) is 3.84. The second kappa shape index (κ2) is 6.89. The van der Waals surface area contributed by atoms with Crippen molar-refractivity contribution in [3.8, 4) is 0 Å². The molecule has 6 heteroatoms. The number of aromatic nitrogens is 2. The van der Waals surface area contributed by atoms with Crippen molar-refractivity contribution < 1.29 is 9.53 Å². The molecule has 112 valence electrons. The van der Waals surface area contributed by atoms with E-state index in [0.29, 0.717) is 6.61 Å². The van der Waals surface area contributed by atoms with Crippen molar-refractivity contribution in [3.05, 3.63) is 53.2 Å². The first-order chi connectivity index (χ1) is 10.7. The molecular formula is C16H14N2O2S2. The average molecular weight is 330 g/mol. The number of nitrogens with zero attached hydrogens (tertiary/aromatic N) is 2. The largest absolute Gasteiger partial charge is 0.460 e. The van der Waals surface area contributed by atoms with E-state index in [2.05, 4.69) is 9.97 Å². The Morgan fingerprint density at radius 1 is 1.27 bits per heavy atom. The maximum Gasteiger partial charge on any atom is 0.316 e. The Morgan fingerprint density at radius 2 is 2.14 bits per heavy atom. The second-order valence-corrected chi connectivity index (χ2v) is 6.55. The monoisotopic (exact) mass is 330 g/mol. The molecule has 2 aromatic heterocycles.